The first kappa shape index (κ1) is 12.0. The highest BCUT2D eigenvalue weighted by atomic mass is 32.2. The van der Waals surface area contributed by atoms with E-state index < -0.39 is 0 Å². The summed E-state index contributed by atoms with van der Waals surface area (Å²) in [7, 11) is 0. The van der Waals surface area contributed by atoms with Gasteiger partial charge in [0.15, 0.2) is 0 Å². The standard InChI is InChI=1S/C15H14OS/c16-12-14-8-4-5-9-15(14)17-11-10-13-6-2-1-3-7-13/h1-11,16H,12H2/b11-10+. The van der Waals surface area contributed by atoms with E-state index in [-0.39, 0.29) is 6.61 Å². The second-order valence-electron chi connectivity index (χ2n) is 3.60. The average Bonchev–Trinajstić information content (AvgIpc) is 2.40. The number of aliphatic hydroxyl groups is 1. The smallest absolute Gasteiger partial charge is 0.0692 e. The lowest BCUT2D eigenvalue weighted by Crippen LogP contribution is -1.84. The van der Waals surface area contributed by atoms with Crippen molar-refractivity contribution in [1.29, 1.82) is 0 Å². The Morgan fingerprint density at radius 2 is 1.65 bits per heavy atom. The van der Waals surface area contributed by atoms with Crippen LogP contribution < -0.4 is 0 Å². The summed E-state index contributed by atoms with van der Waals surface area (Å²) in [6.07, 6.45) is 2.07. The van der Waals surface area contributed by atoms with Gasteiger partial charge in [-0.25, -0.2) is 0 Å². The highest BCUT2D eigenvalue weighted by Crippen LogP contribution is 2.24. The van der Waals surface area contributed by atoms with E-state index >= 15 is 0 Å². The molecule has 0 unspecified atom stereocenters. The normalized spacial score (nSPS) is 10.9. The van der Waals surface area contributed by atoms with Gasteiger partial charge in [0.25, 0.3) is 0 Å². The van der Waals surface area contributed by atoms with Crippen molar-refractivity contribution in [2.45, 2.75) is 11.5 Å². The maximum absolute atomic E-state index is 9.20. The summed E-state index contributed by atoms with van der Waals surface area (Å²) >= 11 is 1.63. The minimum Gasteiger partial charge on any atom is -0.392 e. The number of benzene rings is 2. The summed E-state index contributed by atoms with van der Waals surface area (Å²) in [6.45, 7) is 0.0857. The van der Waals surface area contributed by atoms with Gasteiger partial charge in [0.2, 0.25) is 0 Å². The molecule has 0 aliphatic carbocycles. The fraction of sp³-hybridized carbons (Fsp3) is 0.0667. The van der Waals surface area contributed by atoms with Gasteiger partial charge in [0.1, 0.15) is 0 Å². The molecular weight excluding hydrogens is 228 g/mol. The molecule has 0 atom stereocenters. The van der Waals surface area contributed by atoms with Gasteiger partial charge in [-0.1, -0.05) is 60.3 Å². The molecule has 0 heterocycles. The van der Waals surface area contributed by atoms with Crippen molar-refractivity contribution in [3.05, 3.63) is 71.1 Å². The molecule has 2 aromatic rings. The molecule has 1 nitrogen and oxygen atoms in total. The van der Waals surface area contributed by atoms with Crippen LogP contribution in [0, 0.1) is 0 Å². The molecule has 2 heteroatoms. The van der Waals surface area contributed by atoms with Crippen molar-refractivity contribution in [1.82, 2.24) is 0 Å². The fourth-order valence-corrected chi connectivity index (χ4v) is 2.31. The average molecular weight is 242 g/mol. The number of aliphatic hydroxyl groups excluding tert-OH is 1. The number of thioether (sulfide) groups is 1. The zero-order valence-corrected chi connectivity index (χ0v) is 10.2. The molecule has 0 aliphatic rings. The summed E-state index contributed by atoms with van der Waals surface area (Å²) in [4.78, 5) is 1.10. The zero-order chi connectivity index (χ0) is 11.9. The van der Waals surface area contributed by atoms with Crippen molar-refractivity contribution in [2.24, 2.45) is 0 Å². The molecule has 2 aromatic carbocycles. The van der Waals surface area contributed by atoms with Crippen LogP contribution in [0.2, 0.25) is 0 Å². The van der Waals surface area contributed by atoms with Crippen LogP contribution in [0.1, 0.15) is 11.1 Å². The van der Waals surface area contributed by atoms with Gasteiger partial charge < -0.3 is 5.11 Å². The maximum atomic E-state index is 9.20. The van der Waals surface area contributed by atoms with Gasteiger partial charge in [-0.15, -0.1) is 0 Å². The fourth-order valence-electron chi connectivity index (χ4n) is 1.50. The Bertz CT molecular complexity index is 491. The third kappa shape index (κ3) is 3.48. The topological polar surface area (TPSA) is 20.2 Å². The first-order chi connectivity index (χ1) is 8.40. The van der Waals surface area contributed by atoms with Gasteiger partial charge >= 0.3 is 0 Å². The quantitative estimate of drug-likeness (QED) is 0.819. The van der Waals surface area contributed by atoms with E-state index in [9.17, 15) is 5.11 Å². The first-order valence-corrected chi connectivity index (χ1v) is 6.35. The summed E-state index contributed by atoms with van der Waals surface area (Å²) in [5.41, 5.74) is 2.15. The van der Waals surface area contributed by atoms with Crippen LogP contribution in [0.3, 0.4) is 0 Å². The molecule has 0 amide bonds. The van der Waals surface area contributed by atoms with E-state index in [1.165, 1.54) is 5.56 Å². The lowest BCUT2D eigenvalue weighted by Gasteiger charge is -2.02. The van der Waals surface area contributed by atoms with Gasteiger partial charge in [-0.2, -0.15) is 0 Å². The van der Waals surface area contributed by atoms with Gasteiger partial charge in [0.05, 0.1) is 6.61 Å². The lowest BCUT2D eigenvalue weighted by atomic mass is 10.2. The van der Waals surface area contributed by atoms with Crippen LogP contribution in [0.15, 0.2) is 64.9 Å². The number of hydrogen-bond donors (Lipinski definition) is 1. The van der Waals surface area contributed by atoms with E-state index in [1.807, 2.05) is 47.9 Å². The van der Waals surface area contributed by atoms with Crippen molar-refractivity contribution in [2.75, 3.05) is 0 Å². The molecule has 0 spiro atoms. The van der Waals surface area contributed by atoms with Gasteiger partial charge in [-0.05, 0) is 28.7 Å². The van der Waals surface area contributed by atoms with E-state index in [2.05, 4.69) is 18.2 Å². The minimum atomic E-state index is 0.0857. The summed E-state index contributed by atoms with van der Waals surface area (Å²) in [5.74, 6) is 0. The summed E-state index contributed by atoms with van der Waals surface area (Å²) in [5, 5.41) is 11.2. The molecule has 86 valence electrons. The van der Waals surface area contributed by atoms with E-state index in [0.29, 0.717) is 0 Å². The van der Waals surface area contributed by atoms with Gasteiger partial charge in [0, 0.05) is 4.90 Å². The van der Waals surface area contributed by atoms with Crippen LogP contribution in [0.4, 0.5) is 0 Å². The highest BCUT2D eigenvalue weighted by molar-refractivity contribution is 8.02. The van der Waals surface area contributed by atoms with Crippen molar-refractivity contribution in [3.8, 4) is 0 Å². The second kappa shape index (κ2) is 6.28. The van der Waals surface area contributed by atoms with E-state index in [0.717, 1.165) is 10.5 Å². The zero-order valence-electron chi connectivity index (χ0n) is 9.41. The Hall–Kier alpha value is -1.51. The molecule has 0 radical (unpaired) electrons. The monoisotopic (exact) mass is 242 g/mol. The van der Waals surface area contributed by atoms with Crippen LogP contribution in [-0.4, -0.2) is 5.11 Å². The lowest BCUT2D eigenvalue weighted by molar-refractivity contribution is 0.279. The molecule has 17 heavy (non-hydrogen) atoms. The molecule has 0 bridgehead atoms. The van der Waals surface area contributed by atoms with E-state index in [1.54, 1.807) is 11.8 Å². The molecule has 0 fully saturated rings. The minimum absolute atomic E-state index is 0.0857. The van der Waals surface area contributed by atoms with Crippen LogP contribution in [0.5, 0.6) is 0 Å². The molecule has 0 saturated heterocycles. The Morgan fingerprint density at radius 3 is 2.41 bits per heavy atom. The van der Waals surface area contributed by atoms with E-state index in [4.69, 9.17) is 0 Å². The summed E-state index contributed by atoms with van der Waals surface area (Å²) in [6, 6.07) is 18.1. The molecule has 0 aromatic heterocycles. The molecule has 0 aliphatic heterocycles. The Labute approximate surface area is 106 Å². The van der Waals surface area contributed by atoms with Crippen molar-refractivity contribution < 1.29 is 5.11 Å². The van der Waals surface area contributed by atoms with Crippen LogP contribution >= 0.6 is 11.8 Å². The largest absolute Gasteiger partial charge is 0.392 e. The third-order valence-electron chi connectivity index (χ3n) is 2.40. The molecule has 0 saturated carbocycles. The molecular formula is C15H14OS. The number of rotatable bonds is 4. The predicted octanol–water partition coefficient (Wildman–Crippen LogP) is 3.94. The third-order valence-corrected chi connectivity index (χ3v) is 3.32. The highest BCUT2D eigenvalue weighted by Gasteiger charge is 1.98. The first-order valence-electron chi connectivity index (χ1n) is 5.47. The molecule has 2 rings (SSSR count). The van der Waals surface area contributed by atoms with Crippen LogP contribution in [0.25, 0.3) is 6.08 Å². The Kier molecular flexibility index (Phi) is 4.42. The van der Waals surface area contributed by atoms with Crippen molar-refractivity contribution in [3.63, 3.8) is 0 Å². The molecule has 1 N–H and O–H groups in total. The maximum Gasteiger partial charge on any atom is 0.0692 e. The number of hydrogen-bond acceptors (Lipinski definition) is 2. The Balaban J connectivity index is 2.05. The summed E-state index contributed by atoms with van der Waals surface area (Å²) < 4.78 is 0. The van der Waals surface area contributed by atoms with Crippen molar-refractivity contribution >= 4 is 17.8 Å². The second-order valence-corrected chi connectivity index (χ2v) is 4.54. The van der Waals surface area contributed by atoms with Crippen LogP contribution in [-0.2, 0) is 6.61 Å². The predicted molar refractivity (Wildman–Crippen MR) is 73.7 cm³/mol. The van der Waals surface area contributed by atoms with Gasteiger partial charge in [-0.3, -0.25) is 0 Å². The SMILES string of the molecule is OCc1ccccc1S/C=C/c1ccccc1. The Morgan fingerprint density at radius 1 is 0.941 bits per heavy atom.